The van der Waals surface area contributed by atoms with Crippen molar-refractivity contribution in [2.45, 2.75) is 40.2 Å². The van der Waals surface area contributed by atoms with Crippen LogP contribution < -0.4 is 4.74 Å². The van der Waals surface area contributed by atoms with Gasteiger partial charge in [0.25, 0.3) is 0 Å². The zero-order valence-corrected chi connectivity index (χ0v) is 19.9. The fraction of sp³-hybridized carbons (Fsp3) is 0.435. The summed E-state index contributed by atoms with van der Waals surface area (Å²) in [6.07, 6.45) is 1.28. The highest BCUT2D eigenvalue weighted by Gasteiger charge is 2.43. The maximum Gasteiger partial charge on any atom is 0.410 e. The van der Waals surface area contributed by atoms with Crippen LogP contribution in [0, 0.1) is 12.3 Å². The Balaban J connectivity index is 1.54. The number of aromatic nitrogens is 2. The zero-order valence-electron chi connectivity index (χ0n) is 18.4. The third kappa shape index (κ3) is 4.62. The van der Waals surface area contributed by atoms with Crippen molar-refractivity contribution in [3.63, 3.8) is 0 Å². The SMILES string of the molecule is Cc1cc(Cl)cc(-c2ncnc3ccsc23)c1OCC1(C)CN(C(=O)OC(C)(C)C)C1. The number of hydrogen-bond acceptors (Lipinski definition) is 6. The quantitative estimate of drug-likeness (QED) is 0.481. The molecule has 6 nitrogen and oxygen atoms in total. The molecule has 0 spiro atoms. The van der Waals surface area contributed by atoms with Crippen LogP contribution in [0.15, 0.2) is 29.9 Å². The summed E-state index contributed by atoms with van der Waals surface area (Å²) in [6, 6.07) is 5.76. The van der Waals surface area contributed by atoms with Crippen molar-refractivity contribution >= 4 is 39.2 Å². The number of carbonyl (C=O) groups excluding carboxylic acids is 1. The van der Waals surface area contributed by atoms with Gasteiger partial charge in [0.15, 0.2) is 0 Å². The summed E-state index contributed by atoms with van der Waals surface area (Å²) in [5.41, 5.74) is 2.86. The summed E-state index contributed by atoms with van der Waals surface area (Å²) >= 11 is 7.97. The maximum absolute atomic E-state index is 12.3. The van der Waals surface area contributed by atoms with E-state index < -0.39 is 5.60 Å². The first-order chi connectivity index (χ1) is 14.5. The molecule has 4 rings (SSSR count). The fourth-order valence-electron chi connectivity index (χ4n) is 3.75. The average Bonchev–Trinajstić information content (AvgIpc) is 3.12. The van der Waals surface area contributed by atoms with Crippen molar-refractivity contribution in [1.29, 1.82) is 0 Å². The Hall–Kier alpha value is -2.38. The van der Waals surface area contributed by atoms with Gasteiger partial charge >= 0.3 is 6.09 Å². The standard InChI is InChI=1S/C23H26ClN3O3S/c1-14-8-15(24)9-16(18-20-17(6-7-31-20)25-13-26-18)19(14)29-12-23(5)10-27(11-23)21(28)30-22(2,3)4/h6-9,13H,10-12H2,1-5H3. The molecule has 164 valence electrons. The van der Waals surface area contributed by atoms with E-state index in [4.69, 9.17) is 21.1 Å². The van der Waals surface area contributed by atoms with E-state index in [1.807, 2.05) is 51.3 Å². The van der Waals surface area contributed by atoms with Crippen LogP contribution in [0.1, 0.15) is 33.3 Å². The van der Waals surface area contributed by atoms with E-state index in [9.17, 15) is 4.79 Å². The Kier molecular flexibility index (Phi) is 5.60. The molecule has 1 aliphatic heterocycles. The van der Waals surface area contributed by atoms with E-state index in [0.29, 0.717) is 24.7 Å². The molecule has 3 heterocycles. The molecule has 1 fully saturated rings. The Morgan fingerprint density at radius 2 is 2.03 bits per heavy atom. The van der Waals surface area contributed by atoms with Gasteiger partial charge < -0.3 is 14.4 Å². The van der Waals surface area contributed by atoms with Crippen molar-refractivity contribution in [1.82, 2.24) is 14.9 Å². The predicted octanol–water partition coefficient (Wildman–Crippen LogP) is 5.96. The van der Waals surface area contributed by atoms with Crippen molar-refractivity contribution in [2.24, 2.45) is 5.41 Å². The largest absolute Gasteiger partial charge is 0.492 e. The number of aryl methyl sites for hydroxylation is 1. The Morgan fingerprint density at radius 1 is 1.29 bits per heavy atom. The summed E-state index contributed by atoms with van der Waals surface area (Å²) in [7, 11) is 0. The average molecular weight is 460 g/mol. The van der Waals surface area contributed by atoms with E-state index in [2.05, 4.69) is 16.9 Å². The minimum atomic E-state index is -0.500. The van der Waals surface area contributed by atoms with Crippen LogP contribution in [0.3, 0.4) is 0 Å². The van der Waals surface area contributed by atoms with Crippen LogP contribution in [0.5, 0.6) is 5.75 Å². The maximum atomic E-state index is 12.3. The van der Waals surface area contributed by atoms with Gasteiger partial charge in [-0.3, -0.25) is 0 Å². The van der Waals surface area contributed by atoms with E-state index in [0.717, 1.165) is 32.8 Å². The minimum absolute atomic E-state index is 0.149. The number of thiophene rings is 1. The molecule has 0 N–H and O–H groups in total. The number of likely N-dealkylation sites (tertiary alicyclic amines) is 1. The number of carbonyl (C=O) groups is 1. The van der Waals surface area contributed by atoms with Crippen molar-refractivity contribution in [2.75, 3.05) is 19.7 Å². The monoisotopic (exact) mass is 459 g/mol. The summed E-state index contributed by atoms with van der Waals surface area (Å²) < 4.78 is 12.8. The molecule has 0 atom stereocenters. The van der Waals surface area contributed by atoms with Gasteiger partial charge in [-0.25, -0.2) is 14.8 Å². The highest BCUT2D eigenvalue weighted by Crippen LogP contribution is 2.40. The number of amides is 1. The third-order valence-corrected chi connectivity index (χ3v) is 6.23. The van der Waals surface area contributed by atoms with Crippen LogP contribution >= 0.6 is 22.9 Å². The molecule has 0 unspecified atom stereocenters. The molecule has 0 aliphatic carbocycles. The van der Waals surface area contributed by atoms with E-state index in [1.165, 1.54) is 0 Å². The molecular weight excluding hydrogens is 434 g/mol. The van der Waals surface area contributed by atoms with Crippen LogP contribution in [0.25, 0.3) is 21.5 Å². The molecule has 0 radical (unpaired) electrons. The van der Waals surface area contributed by atoms with Crippen molar-refractivity contribution in [3.8, 4) is 17.0 Å². The molecule has 31 heavy (non-hydrogen) atoms. The lowest BCUT2D eigenvalue weighted by atomic mass is 9.83. The number of rotatable bonds is 4. The fourth-order valence-corrected chi connectivity index (χ4v) is 4.87. The topological polar surface area (TPSA) is 64.6 Å². The van der Waals surface area contributed by atoms with Crippen LogP contribution in [-0.2, 0) is 4.74 Å². The third-order valence-electron chi connectivity index (χ3n) is 5.10. The molecule has 1 aromatic carbocycles. The van der Waals surface area contributed by atoms with Gasteiger partial charge in [-0.1, -0.05) is 18.5 Å². The van der Waals surface area contributed by atoms with Gasteiger partial charge in [0.1, 0.15) is 17.7 Å². The predicted molar refractivity (Wildman–Crippen MR) is 124 cm³/mol. The molecule has 1 amide bonds. The molecule has 0 saturated carbocycles. The van der Waals surface area contributed by atoms with E-state index in [-0.39, 0.29) is 11.5 Å². The van der Waals surface area contributed by atoms with Crippen LogP contribution in [0.2, 0.25) is 5.02 Å². The second-order valence-electron chi connectivity index (χ2n) is 9.39. The first-order valence-corrected chi connectivity index (χ1v) is 11.4. The van der Waals surface area contributed by atoms with Crippen molar-refractivity contribution < 1.29 is 14.3 Å². The van der Waals surface area contributed by atoms with Gasteiger partial charge in [-0.15, -0.1) is 11.3 Å². The Labute approximate surface area is 191 Å². The van der Waals surface area contributed by atoms with E-state index in [1.54, 1.807) is 22.6 Å². The number of benzene rings is 1. The number of nitrogens with zero attached hydrogens (tertiary/aromatic N) is 3. The zero-order chi connectivity index (χ0) is 22.4. The number of ether oxygens (including phenoxy) is 2. The van der Waals surface area contributed by atoms with Gasteiger partial charge in [0.05, 0.1) is 22.5 Å². The molecule has 0 bridgehead atoms. The molecule has 3 aromatic rings. The summed E-state index contributed by atoms with van der Waals surface area (Å²) in [4.78, 5) is 22.8. The Bertz CT molecular complexity index is 1130. The Morgan fingerprint density at radius 3 is 2.74 bits per heavy atom. The van der Waals surface area contributed by atoms with E-state index >= 15 is 0 Å². The first kappa shape index (κ1) is 21.8. The second-order valence-corrected chi connectivity index (χ2v) is 10.7. The second kappa shape index (κ2) is 7.95. The van der Waals surface area contributed by atoms with Crippen LogP contribution in [-0.4, -0.2) is 46.3 Å². The molecule has 1 saturated heterocycles. The lowest BCUT2D eigenvalue weighted by Gasteiger charge is -2.47. The molecule has 8 heteroatoms. The van der Waals surface area contributed by atoms with Gasteiger partial charge in [0, 0.05) is 29.1 Å². The summed E-state index contributed by atoms with van der Waals surface area (Å²) in [5.74, 6) is 0.759. The molecule has 2 aromatic heterocycles. The summed E-state index contributed by atoms with van der Waals surface area (Å²) in [6.45, 7) is 11.4. The van der Waals surface area contributed by atoms with Gasteiger partial charge in [0.2, 0.25) is 0 Å². The summed E-state index contributed by atoms with van der Waals surface area (Å²) in [5, 5.41) is 2.63. The molecule has 1 aliphatic rings. The normalized spacial score (nSPS) is 15.6. The lowest BCUT2D eigenvalue weighted by Crippen LogP contribution is -2.60. The number of hydrogen-bond donors (Lipinski definition) is 0. The number of halogens is 1. The minimum Gasteiger partial charge on any atom is -0.492 e. The van der Waals surface area contributed by atoms with Gasteiger partial charge in [-0.2, -0.15) is 0 Å². The highest BCUT2D eigenvalue weighted by molar-refractivity contribution is 7.17. The first-order valence-electron chi connectivity index (χ1n) is 10.1. The van der Waals surface area contributed by atoms with Gasteiger partial charge in [-0.05, 0) is 56.8 Å². The smallest absolute Gasteiger partial charge is 0.410 e. The lowest BCUT2D eigenvalue weighted by molar-refractivity contribution is -0.0428. The van der Waals surface area contributed by atoms with Crippen LogP contribution in [0.4, 0.5) is 4.79 Å². The number of fused-ring (bicyclic) bond motifs is 1. The van der Waals surface area contributed by atoms with Crippen molar-refractivity contribution in [3.05, 3.63) is 40.5 Å². The molecular formula is C23H26ClN3O3S. The highest BCUT2D eigenvalue weighted by atomic mass is 35.5.